The highest BCUT2D eigenvalue weighted by atomic mass is 16.6. The normalized spacial score (nSPS) is 51.1. The number of aliphatic hydroxyl groups is 3. The Balaban J connectivity index is 1.42. The van der Waals surface area contributed by atoms with Gasteiger partial charge in [0.25, 0.3) is 0 Å². The molecule has 3 aliphatic carbocycles. The molecule has 214 valence electrons. The number of esters is 2. The number of cyclic esters (lactones) is 1. The van der Waals surface area contributed by atoms with E-state index in [9.17, 15) is 29.7 Å². The third-order valence-corrected chi connectivity index (χ3v) is 11.3. The summed E-state index contributed by atoms with van der Waals surface area (Å²) in [6.45, 7) is 5.02. The summed E-state index contributed by atoms with van der Waals surface area (Å²) < 4.78 is 24.1. The number of fused-ring (bicyclic) bond motifs is 2. The highest BCUT2D eigenvalue weighted by Gasteiger charge is 2.83. The molecular weight excluding hydrogens is 508 g/mol. The van der Waals surface area contributed by atoms with E-state index in [0.29, 0.717) is 31.3 Å². The van der Waals surface area contributed by atoms with Crippen LogP contribution >= 0.6 is 0 Å². The zero-order chi connectivity index (χ0) is 28.0. The number of hydrogen-bond donors (Lipinski definition) is 3. The van der Waals surface area contributed by atoms with Crippen molar-refractivity contribution in [3.8, 4) is 0 Å². The number of ketones is 1. The number of rotatable bonds is 1. The number of aliphatic hydroxyl groups excluding tert-OH is 1. The van der Waals surface area contributed by atoms with Gasteiger partial charge in [-0.25, -0.2) is 9.59 Å². The summed E-state index contributed by atoms with van der Waals surface area (Å²) >= 11 is 0. The van der Waals surface area contributed by atoms with Crippen molar-refractivity contribution in [2.75, 3.05) is 13.2 Å². The predicted molar refractivity (Wildman–Crippen MR) is 134 cm³/mol. The lowest BCUT2D eigenvalue weighted by molar-refractivity contribution is -0.377. The van der Waals surface area contributed by atoms with Crippen LogP contribution in [0, 0.1) is 16.7 Å². The van der Waals surface area contributed by atoms with Crippen LogP contribution in [-0.4, -0.2) is 87.5 Å². The van der Waals surface area contributed by atoms with Gasteiger partial charge >= 0.3 is 11.9 Å². The summed E-state index contributed by atoms with van der Waals surface area (Å²) in [5.41, 5.74) is -5.55. The van der Waals surface area contributed by atoms with Crippen molar-refractivity contribution < 1.29 is 48.7 Å². The van der Waals surface area contributed by atoms with Gasteiger partial charge in [-0.2, -0.15) is 0 Å². The van der Waals surface area contributed by atoms with E-state index < -0.39 is 64.0 Å². The fourth-order valence-corrected chi connectivity index (χ4v) is 8.85. The number of carbonyl (C=O) groups excluding carboxylic acids is 3. The highest BCUT2D eigenvalue weighted by molar-refractivity contribution is 5.88. The van der Waals surface area contributed by atoms with Crippen molar-refractivity contribution in [1.82, 2.24) is 0 Å². The van der Waals surface area contributed by atoms with Crippen LogP contribution in [0.4, 0.5) is 0 Å². The third-order valence-electron chi connectivity index (χ3n) is 11.3. The van der Waals surface area contributed by atoms with Gasteiger partial charge in [0.2, 0.25) is 0 Å². The lowest BCUT2D eigenvalue weighted by atomic mass is 9.40. The molecule has 3 saturated carbocycles. The van der Waals surface area contributed by atoms with Crippen molar-refractivity contribution >= 4 is 17.7 Å². The van der Waals surface area contributed by atoms with E-state index in [-0.39, 0.29) is 44.2 Å². The number of carbonyl (C=O) groups is 3. The van der Waals surface area contributed by atoms with Crippen LogP contribution in [0.2, 0.25) is 0 Å². The lowest BCUT2D eigenvalue weighted by Crippen LogP contribution is -2.80. The molecule has 8 bridgehead atoms. The zero-order valence-electron chi connectivity index (χ0n) is 22.7. The Kier molecular flexibility index (Phi) is 6.04. The van der Waals surface area contributed by atoms with Crippen molar-refractivity contribution in [3.05, 3.63) is 23.8 Å². The van der Waals surface area contributed by atoms with Crippen LogP contribution < -0.4 is 0 Å². The molecule has 4 heterocycles. The number of allylic oxidation sites excluding steroid dienone is 1. The van der Waals surface area contributed by atoms with Gasteiger partial charge in [-0.3, -0.25) is 4.79 Å². The van der Waals surface area contributed by atoms with E-state index in [4.69, 9.17) is 18.9 Å². The van der Waals surface area contributed by atoms with E-state index >= 15 is 0 Å². The highest BCUT2D eigenvalue weighted by Crippen LogP contribution is 2.74. The summed E-state index contributed by atoms with van der Waals surface area (Å²) in [4.78, 5) is 38.9. The SMILES string of the molecule is CC(=O)[C@@]12CCC=CC(=O)O[C@@H]3C[C@H]4O[C@@H]5[C@@H]6C[C@@]4(O)[C@@]3(C)[C@]5(CC[C@@]6(C)O)COC(=O)C=C(CCO1)[C@H]2O. The van der Waals surface area contributed by atoms with E-state index in [1.165, 1.54) is 19.1 Å². The second-order valence-electron chi connectivity index (χ2n) is 12.9. The van der Waals surface area contributed by atoms with Crippen molar-refractivity contribution in [2.45, 2.75) is 107 Å². The van der Waals surface area contributed by atoms with E-state index in [1.54, 1.807) is 13.0 Å². The van der Waals surface area contributed by atoms with Gasteiger partial charge in [0, 0.05) is 35.3 Å². The molecule has 10 nitrogen and oxygen atoms in total. The fourth-order valence-electron chi connectivity index (χ4n) is 8.85. The average Bonchev–Trinajstić information content (AvgIpc) is 3.02. The van der Waals surface area contributed by atoms with Crippen molar-refractivity contribution in [3.63, 3.8) is 0 Å². The van der Waals surface area contributed by atoms with Crippen LogP contribution in [0.1, 0.15) is 65.7 Å². The van der Waals surface area contributed by atoms with Gasteiger partial charge in [-0.15, -0.1) is 0 Å². The minimum Gasteiger partial charge on any atom is -0.462 e. The monoisotopic (exact) mass is 546 g/mol. The molecule has 1 spiro atoms. The van der Waals surface area contributed by atoms with Crippen molar-refractivity contribution in [1.29, 1.82) is 0 Å². The summed E-state index contributed by atoms with van der Waals surface area (Å²) in [6, 6.07) is 0. The first-order valence-electron chi connectivity index (χ1n) is 14.0. The van der Waals surface area contributed by atoms with E-state index in [1.807, 2.05) is 6.92 Å². The first kappa shape index (κ1) is 27.1. The van der Waals surface area contributed by atoms with Gasteiger partial charge in [0.15, 0.2) is 11.4 Å². The quantitative estimate of drug-likeness (QED) is 0.411. The standard InChI is InChI=1S/C29H38O10/c1-16(30)28-8-5-4-6-21(31)38-19-13-20-29(35)14-18-24(39-20)27(26(19,29)3,10-9-25(18,2)34)15-36-22(32)12-17(23(28)33)7-11-37-28/h4,6,12,18-20,23-24,33-35H,5,7-11,13-15H2,1-3H3/t18-,19+,20+,23+,24+,25+,26+,27+,28+,29-/m0/s1. The van der Waals surface area contributed by atoms with Gasteiger partial charge in [0.05, 0.1) is 24.4 Å². The molecule has 0 aromatic carbocycles. The predicted octanol–water partition coefficient (Wildman–Crippen LogP) is 1.29. The molecule has 7 rings (SSSR count). The Morgan fingerprint density at radius 2 is 1.85 bits per heavy atom. The van der Waals surface area contributed by atoms with E-state index in [0.717, 1.165) is 0 Å². The second-order valence-corrected chi connectivity index (χ2v) is 12.9. The minimum atomic E-state index is -1.53. The largest absolute Gasteiger partial charge is 0.462 e. The molecule has 6 fully saturated rings. The summed E-state index contributed by atoms with van der Waals surface area (Å²) in [6.07, 6.45) is 3.04. The van der Waals surface area contributed by atoms with Crippen LogP contribution in [0.3, 0.4) is 0 Å². The lowest BCUT2D eigenvalue weighted by Gasteiger charge is -2.71. The summed E-state index contributed by atoms with van der Waals surface area (Å²) in [5, 5.41) is 34.6. The molecule has 3 N–H and O–H groups in total. The van der Waals surface area contributed by atoms with E-state index in [2.05, 4.69) is 0 Å². The third kappa shape index (κ3) is 3.48. The fraction of sp³-hybridized carbons (Fsp3) is 0.759. The number of hydrogen-bond acceptors (Lipinski definition) is 10. The molecular formula is C29H38O10. The first-order chi connectivity index (χ1) is 18.3. The Hall–Kier alpha value is -2.11. The smallest absolute Gasteiger partial charge is 0.330 e. The number of ether oxygens (including phenoxy) is 4. The zero-order valence-corrected chi connectivity index (χ0v) is 22.7. The van der Waals surface area contributed by atoms with Crippen LogP contribution in [0.15, 0.2) is 23.8 Å². The van der Waals surface area contributed by atoms with Crippen LogP contribution in [0.25, 0.3) is 0 Å². The molecule has 0 radical (unpaired) electrons. The molecule has 39 heavy (non-hydrogen) atoms. The van der Waals surface area contributed by atoms with Gasteiger partial charge < -0.3 is 34.3 Å². The topological polar surface area (TPSA) is 149 Å². The Morgan fingerprint density at radius 3 is 2.59 bits per heavy atom. The Labute approximate surface area is 227 Å². The molecule has 3 saturated heterocycles. The van der Waals surface area contributed by atoms with Crippen LogP contribution in [-0.2, 0) is 33.3 Å². The maximum atomic E-state index is 13.2. The molecule has 0 amide bonds. The molecule has 0 aromatic rings. The second kappa shape index (κ2) is 8.69. The Morgan fingerprint density at radius 1 is 1.08 bits per heavy atom. The average molecular weight is 547 g/mol. The van der Waals surface area contributed by atoms with Gasteiger partial charge in [0.1, 0.15) is 24.4 Å². The molecule has 4 aliphatic heterocycles. The number of Topliss-reactive ketones (excluding diaryl/α,β-unsaturated/α-hetero) is 1. The van der Waals surface area contributed by atoms with Gasteiger partial charge in [-0.1, -0.05) is 13.0 Å². The maximum Gasteiger partial charge on any atom is 0.330 e. The van der Waals surface area contributed by atoms with Gasteiger partial charge in [-0.05, 0) is 57.9 Å². The van der Waals surface area contributed by atoms with Crippen LogP contribution in [0.5, 0.6) is 0 Å². The van der Waals surface area contributed by atoms with Crippen molar-refractivity contribution in [2.24, 2.45) is 16.7 Å². The summed E-state index contributed by atoms with van der Waals surface area (Å²) in [7, 11) is 0. The molecule has 0 aromatic heterocycles. The summed E-state index contributed by atoms with van der Waals surface area (Å²) in [5.74, 6) is -2.02. The first-order valence-corrected chi connectivity index (χ1v) is 14.0. The maximum absolute atomic E-state index is 13.2. The minimum absolute atomic E-state index is 0.114. The molecule has 0 unspecified atom stereocenters. The molecule has 10 atom stereocenters. The molecule has 7 aliphatic rings. The molecule has 10 heteroatoms. The Bertz CT molecular complexity index is 1160.